The van der Waals surface area contributed by atoms with E-state index in [9.17, 15) is 0 Å². The average molecular weight is 279 g/mol. The fourth-order valence-electron chi connectivity index (χ4n) is 1.45. The standard InChI is InChI=1S/C10H18IN/c1-10-4-8-12(9-5-10)7-3-2-6-11/h4H,2-3,5-9H2,1H3. The van der Waals surface area contributed by atoms with Gasteiger partial charge in [-0.15, -0.1) is 0 Å². The molecule has 0 amide bonds. The highest BCUT2D eigenvalue weighted by atomic mass is 127. The van der Waals surface area contributed by atoms with Crippen LogP contribution in [0.4, 0.5) is 0 Å². The van der Waals surface area contributed by atoms with Gasteiger partial charge in [-0.1, -0.05) is 34.2 Å². The SMILES string of the molecule is CC1=CCN(CCCCI)CC1. The molecule has 0 unspecified atom stereocenters. The van der Waals surface area contributed by atoms with Crippen LogP contribution in [0.5, 0.6) is 0 Å². The average Bonchev–Trinajstić information content (AvgIpc) is 2.09. The van der Waals surface area contributed by atoms with E-state index in [4.69, 9.17) is 0 Å². The molecule has 0 bridgehead atoms. The first-order valence-electron chi connectivity index (χ1n) is 4.77. The van der Waals surface area contributed by atoms with Crippen molar-refractivity contribution in [2.24, 2.45) is 0 Å². The molecule has 0 fully saturated rings. The normalized spacial score (nSPS) is 19.3. The molecule has 0 aliphatic carbocycles. The van der Waals surface area contributed by atoms with Gasteiger partial charge in [-0.3, -0.25) is 4.90 Å². The van der Waals surface area contributed by atoms with Crippen molar-refractivity contribution in [3.05, 3.63) is 11.6 Å². The molecule has 0 spiro atoms. The Morgan fingerprint density at radius 2 is 2.33 bits per heavy atom. The van der Waals surface area contributed by atoms with Crippen LogP contribution < -0.4 is 0 Å². The van der Waals surface area contributed by atoms with E-state index in [0.717, 1.165) is 0 Å². The van der Waals surface area contributed by atoms with E-state index in [-0.39, 0.29) is 0 Å². The maximum atomic E-state index is 2.55. The first-order valence-corrected chi connectivity index (χ1v) is 6.29. The molecule has 1 aliphatic heterocycles. The van der Waals surface area contributed by atoms with Gasteiger partial charge in [0.1, 0.15) is 0 Å². The summed E-state index contributed by atoms with van der Waals surface area (Å²) in [6, 6.07) is 0. The summed E-state index contributed by atoms with van der Waals surface area (Å²) >= 11 is 2.45. The minimum absolute atomic E-state index is 1.19. The van der Waals surface area contributed by atoms with Crippen molar-refractivity contribution in [2.75, 3.05) is 24.1 Å². The van der Waals surface area contributed by atoms with Gasteiger partial charge in [-0.05, 0) is 37.2 Å². The Morgan fingerprint density at radius 3 is 2.92 bits per heavy atom. The van der Waals surface area contributed by atoms with Crippen molar-refractivity contribution in [3.63, 3.8) is 0 Å². The molecular formula is C10H18IN. The van der Waals surface area contributed by atoms with Crippen LogP contribution in [0.2, 0.25) is 0 Å². The van der Waals surface area contributed by atoms with Crippen molar-refractivity contribution in [1.82, 2.24) is 4.90 Å². The Balaban J connectivity index is 2.10. The Hall–Kier alpha value is 0.430. The molecule has 0 aromatic rings. The number of nitrogens with zero attached hydrogens (tertiary/aromatic N) is 1. The van der Waals surface area contributed by atoms with Gasteiger partial charge in [0.15, 0.2) is 0 Å². The highest BCUT2D eigenvalue weighted by Gasteiger charge is 2.07. The summed E-state index contributed by atoms with van der Waals surface area (Å²) in [5.74, 6) is 0. The molecule has 0 atom stereocenters. The lowest BCUT2D eigenvalue weighted by Gasteiger charge is -2.24. The van der Waals surface area contributed by atoms with Gasteiger partial charge in [0.05, 0.1) is 0 Å². The van der Waals surface area contributed by atoms with Crippen LogP contribution in [0.25, 0.3) is 0 Å². The summed E-state index contributed by atoms with van der Waals surface area (Å²) in [4.78, 5) is 2.55. The molecule has 0 saturated carbocycles. The molecular weight excluding hydrogens is 261 g/mol. The highest BCUT2D eigenvalue weighted by Crippen LogP contribution is 2.10. The molecule has 0 N–H and O–H groups in total. The molecule has 0 radical (unpaired) electrons. The minimum Gasteiger partial charge on any atom is -0.299 e. The zero-order valence-corrected chi connectivity index (χ0v) is 10.0. The summed E-state index contributed by atoms with van der Waals surface area (Å²) in [6.07, 6.45) is 6.40. The van der Waals surface area contributed by atoms with Crippen molar-refractivity contribution in [3.8, 4) is 0 Å². The van der Waals surface area contributed by atoms with Crippen molar-refractivity contribution in [1.29, 1.82) is 0 Å². The topological polar surface area (TPSA) is 3.24 Å². The van der Waals surface area contributed by atoms with E-state index in [1.165, 1.54) is 43.3 Å². The van der Waals surface area contributed by atoms with Crippen molar-refractivity contribution in [2.45, 2.75) is 26.2 Å². The number of alkyl halides is 1. The predicted molar refractivity (Wildman–Crippen MR) is 62.9 cm³/mol. The smallest absolute Gasteiger partial charge is 0.0165 e. The van der Waals surface area contributed by atoms with Gasteiger partial charge in [0.25, 0.3) is 0 Å². The summed E-state index contributed by atoms with van der Waals surface area (Å²) in [5.41, 5.74) is 1.57. The maximum Gasteiger partial charge on any atom is 0.0165 e. The molecule has 70 valence electrons. The Labute approximate surface area is 89.3 Å². The second kappa shape index (κ2) is 5.97. The molecule has 1 rings (SSSR count). The molecule has 1 nitrogen and oxygen atoms in total. The van der Waals surface area contributed by atoms with Crippen molar-refractivity contribution >= 4 is 22.6 Å². The lowest BCUT2D eigenvalue weighted by Crippen LogP contribution is -2.29. The van der Waals surface area contributed by atoms with E-state index in [0.29, 0.717) is 0 Å². The lowest BCUT2D eigenvalue weighted by atomic mass is 10.1. The molecule has 1 heterocycles. The predicted octanol–water partition coefficient (Wildman–Crippen LogP) is 2.85. The van der Waals surface area contributed by atoms with Gasteiger partial charge >= 0.3 is 0 Å². The molecule has 12 heavy (non-hydrogen) atoms. The molecule has 1 aliphatic rings. The molecule has 0 aromatic carbocycles. The second-order valence-electron chi connectivity index (χ2n) is 3.50. The van der Waals surface area contributed by atoms with E-state index < -0.39 is 0 Å². The monoisotopic (exact) mass is 279 g/mol. The second-order valence-corrected chi connectivity index (χ2v) is 4.58. The van der Waals surface area contributed by atoms with Gasteiger partial charge in [0.2, 0.25) is 0 Å². The number of hydrogen-bond donors (Lipinski definition) is 0. The Morgan fingerprint density at radius 1 is 1.50 bits per heavy atom. The summed E-state index contributed by atoms with van der Waals surface area (Å²) in [5, 5.41) is 0. The lowest BCUT2D eigenvalue weighted by molar-refractivity contribution is 0.290. The van der Waals surface area contributed by atoms with Crippen LogP contribution in [0, 0.1) is 0 Å². The third-order valence-electron chi connectivity index (χ3n) is 2.38. The van der Waals surface area contributed by atoms with Crippen LogP contribution >= 0.6 is 22.6 Å². The quantitative estimate of drug-likeness (QED) is 0.331. The van der Waals surface area contributed by atoms with Crippen LogP contribution in [-0.2, 0) is 0 Å². The molecule has 2 heteroatoms. The van der Waals surface area contributed by atoms with Crippen LogP contribution in [0.3, 0.4) is 0 Å². The van der Waals surface area contributed by atoms with E-state index >= 15 is 0 Å². The fraction of sp³-hybridized carbons (Fsp3) is 0.800. The van der Waals surface area contributed by atoms with Gasteiger partial charge in [-0.25, -0.2) is 0 Å². The third kappa shape index (κ3) is 3.90. The molecule has 0 aromatic heterocycles. The first kappa shape index (κ1) is 10.5. The zero-order chi connectivity index (χ0) is 8.81. The van der Waals surface area contributed by atoms with Gasteiger partial charge in [-0.2, -0.15) is 0 Å². The number of rotatable bonds is 4. The van der Waals surface area contributed by atoms with Gasteiger partial charge < -0.3 is 0 Å². The summed E-state index contributed by atoms with van der Waals surface area (Å²) < 4.78 is 1.31. The summed E-state index contributed by atoms with van der Waals surface area (Å²) in [6.45, 7) is 6.01. The zero-order valence-electron chi connectivity index (χ0n) is 7.85. The third-order valence-corrected chi connectivity index (χ3v) is 3.14. The summed E-state index contributed by atoms with van der Waals surface area (Å²) in [7, 11) is 0. The van der Waals surface area contributed by atoms with E-state index in [1.807, 2.05) is 0 Å². The van der Waals surface area contributed by atoms with Crippen LogP contribution in [-0.4, -0.2) is 29.0 Å². The number of halogens is 1. The first-order chi connectivity index (χ1) is 5.83. The highest BCUT2D eigenvalue weighted by molar-refractivity contribution is 14.1. The minimum atomic E-state index is 1.19. The van der Waals surface area contributed by atoms with Crippen LogP contribution in [0.15, 0.2) is 11.6 Å². The Bertz CT molecular complexity index is 154. The van der Waals surface area contributed by atoms with Crippen LogP contribution in [0.1, 0.15) is 26.2 Å². The van der Waals surface area contributed by atoms with Crippen molar-refractivity contribution < 1.29 is 0 Å². The largest absolute Gasteiger partial charge is 0.299 e. The maximum absolute atomic E-state index is 2.55. The van der Waals surface area contributed by atoms with E-state index in [2.05, 4.69) is 40.5 Å². The van der Waals surface area contributed by atoms with E-state index in [1.54, 1.807) is 5.57 Å². The molecule has 0 saturated heterocycles. The Kier molecular flexibility index (Phi) is 5.23. The van der Waals surface area contributed by atoms with Gasteiger partial charge in [0, 0.05) is 13.1 Å². The number of unbranched alkanes of at least 4 members (excludes halogenated alkanes) is 1. The fourth-order valence-corrected chi connectivity index (χ4v) is 1.99. The number of hydrogen-bond acceptors (Lipinski definition) is 1.